The van der Waals surface area contributed by atoms with E-state index >= 15 is 0 Å². The molecule has 5 heteroatoms. The third-order valence-corrected chi connectivity index (χ3v) is 1.19. The molecule has 0 unspecified atom stereocenters. The summed E-state index contributed by atoms with van der Waals surface area (Å²) >= 11 is 5.52. The molecule has 0 aliphatic rings. The fourth-order valence-corrected chi connectivity index (χ4v) is 0.750. The molecule has 1 rings (SSSR count). The van der Waals surface area contributed by atoms with Gasteiger partial charge in [-0.2, -0.15) is 0 Å². The third-order valence-electron chi connectivity index (χ3n) is 1.01. The number of hydrogen-bond acceptors (Lipinski definition) is 3. The number of halogens is 2. The van der Waals surface area contributed by atoms with E-state index < -0.39 is 6.67 Å². The average Bonchev–Trinajstić information content (AvgIpc) is 2.01. The maximum atomic E-state index is 11.6. The number of alkyl halides is 1. The molecule has 1 aromatic heterocycles. The van der Waals surface area contributed by atoms with E-state index in [-0.39, 0.29) is 6.54 Å². The maximum absolute atomic E-state index is 11.6. The molecule has 0 saturated heterocycles. The van der Waals surface area contributed by atoms with Crippen LogP contribution in [0.4, 0.5) is 10.2 Å². The Hall–Kier alpha value is -0.900. The SMILES string of the molecule is FCCNc1cncc(Cl)n1. The molecule has 1 N–H and O–H groups in total. The molecule has 0 atom stereocenters. The quantitative estimate of drug-likeness (QED) is 0.757. The lowest BCUT2D eigenvalue weighted by molar-refractivity contribution is 0.512. The van der Waals surface area contributed by atoms with Crippen LogP contribution in [0.25, 0.3) is 0 Å². The van der Waals surface area contributed by atoms with Crippen LogP contribution < -0.4 is 5.32 Å². The van der Waals surface area contributed by atoms with Crippen LogP contribution >= 0.6 is 11.6 Å². The molecule has 0 fully saturated rings. The highest BCUT2D eigenvalue weighted by Gasteiger charge is 1.93. The van der Waals surface area contributed by atoms with Crippen molar-refractivity contribution in [2.75, 3.05) is 18.5 Å². The first kappa shape index (κ1) is 8.20. The molecule has 0 aliphatic carbocycles. The minimum absolute atomic E-state index is 0.231. The predicted molar refractivity (Wildman–Crippen MR) is 41.5 cm³/mol. The first-order chi connectivity index (χ1) is 5.33. The second kappa shape index (κ2) is 4.08. The Morgan fingerprint density at radius 1 is 1.55 bits per heavy atom. The summed E-state index contributed by atoms with van der Waals surface area (Å²) in [5.41, 5.74) is 0. The third kappa shape index (κ3) is 2.67. The number of nitrogens with zero attached hydrogens (tertiary/aromatic N) is 2. The zero-order valence-electron chi connectivity index (χ0n) is 5.72. The van der Waals surface area contributed by atoms with Gasteiger partial charge < -0.3 is 5.32 Å². The van der Waals surface area contributed by atoms with Crippen LogP contribution in [0, 0.1) is 0 Å². The molecule has 0 aliphatic heterocycles. The highest BCUT2D eigenvalue weighted by Crippen LogP contribution is 2.05. The fraction of sp³-hybridized carbons (Fsp3) is 0.333. The van der Waals surface area contributed by atoms with E-state index in [0.29, 0.717) is 11.0 Å². The van der Waals surface area contributed by atoms with E-state index in [9.17, 15) is 4.39 Å². The Morgan fingerprint density at radius 2 is 2.36 bits per heavy atom. The monoisotopic (exact) mass is 175 g/mol. The van der Waals surface area contributed by atoms with Crippen molar-refractivity contribution in [2.45, 2.75) is 0 Å². The molecule has 60 valence electrons. The van der Waals surface area contributed by atoms with Crippen molar-refractivity contribution < 1.29 is 4.39 Å². The molecule has 11 heavy (non-hydrogen) atoms. The van der Waals surface area contributed by atoms with Crippen LogP contribution in [0.2, 0.25) is 5.15 Å². The fourth-order valence-electron chi connectivity index (χ4n) is 0.603. The zero-order valence-corrected chi connectivity index (χ0v) is 6.48. The van der Waals surface area contributed by atoms with Crippen molar-refractivity contribution in [3.8, 4) is 0 Å². The van der Waals surface area contributed by atoms with Crippen molar-refractivity contribution in [3.05, 3.63) is 17.5 Å². The standard InChI is InChI=1S/C6H7ClFN3/c7-5-3-9-4-6(11-5)10-2-1-8/h3-4H,1-2H2,(H,10,11). The van der Waals surface area contributed by atoms with Gasteiger partial charge in [0, 0.05) is 6.54 Å². The summed E-state index contributed by atoms with van der Waals surface area (Å²) in [5.74, 6) is 0.496. The molecule has 0 bridgehead atoms. The van der Waals surface area contributed by atoms with E-state index in [4.69, 9.17) is 11.6 Å². The van der Waals surface area contributed by atoms with Crippen LogP contribution in [-0.2, 0) is 0 Å². The van der Waals surface area contributed by atoms with Crippen LogP contribution in [0.1, 0.15) is 0 Å². The van der Waals surface area contributed by atoms with Gasteiger partial charge >= 0.3 is 0 Å². The predicted octanol–water partition coefficient (Wildman–Crippen LogP) is 1.51. The summed E-state index contributed by atoms with van der Waals surface area (Å²) in [6.07, 6.45) is 2.91. The summed E-state index contributed by atoms with van der Waals surface area (Å²) < 4.78 is 11.6. The lowest BCUT2D eigenvalue weighted by atomic mass is 10.6. The van der Waals surface area contributed by atoms with Crippen LogP contribution in [0.5, 0.6) is 0 Å². The van der Waals surface area contributed by atoms with Gasteiger partial charge in [0.15, 0.2) is 0 Å². The van der Waals surface area contributed by atoms with Crippen LogP contribution in [0.3, 0.4) is 0 Å². The largest absolute Gasteiger partial charge is 0.366 e. The van der Waals surface area contributed by atoms with E-state index in [0.717, 1.165) is 0 Å². The van der Waals surface area contributed by atoms with Gasteiger partial charge in [0.1, 0.15) is 17.6 Å². The molecule has 1 aromatic rings. The van der Waals surface area contributed by atoms with Crippen molar-refractivity contribution >= 4 is 17.4 Å². The zero-order chi connectivity index (χ0) is 8.10. The number of aromatic nitrogens is 2. The number of nitrogens with one attached hydrogen (secondary N) is 1. The number of hydrogen-bond donors (Lipinski definition) is 1. The highest BCUT2D eigenvalue weighted by atomic mass is 35.5. The van der Waals surface area contributed by atoms with Gasteiger partial charge in [-0.1, -0.05) is 11.6 Å². The van der Waals surface area contributed by atoms with Crippen molar-refractivity contribution in [3.63, 3.8) is 0 Å². The van der Waals surface area contributed by atoms with Gasteiger partial charge in [0.2, 0.25) is 0 Å². The minimum Gasteiger partial charge on any atom is -0.366 e. The van der Waals surface area contributed by atoms with Crippen molar-refractivity contribution in [2.24, 2.45) is 0 Å². The molecule has 0 radical (unpaired) electrons. The maximum Gasteiger partial charge on any atom is 0.149 e. The highest BCUT2D eigenvalue weighted by molar-refractivity contribution is 6.29. The molecular formula is C6H7ClFN3. The molecular weight excluding hydrogens is 169 g/mol. The summed E-state index contributed by atoms with van der Waals surface area (Å²) in [5, 5.41) is 3.00. The Labute approximate surface area is 68.6 Å². The normalized spacial score (nSPS) is 9.64. The second-order valence-corrected chi connectivity index (χ2v) is 2.23. The Balaban J connectivity index is 2.56. The van der Waals surface area contributed by atoms with Gasteiger partial charge in [0.05, 0.1) is 12.4 Å². The Kier molecular flexibility index (Phi) is 3.04. The first-order valence-electron chi connectivity index (χ1n) is 3.10. The van der Waals surface area contributed by atoms with E-state index in [1.165, 1.54) is 12.4 Å². The Morgan fingerprint density at radius 3 is 3.00 bits per heavy atom. The summed E-state index contributed by atoms with van der Waals surface area (Å²) in [6, 6.07) is 0. The Bertz CT molecular complexity index is 231. The van der Waals surface area contributed by atoms with Gasteiger partial charge in [-0.15, -0.1) is 0 Å². The second-order valence-electron chi connectivity index (χ2n) is 1.84. The first-order valence-corrected chi connectivity index (χ1v) is 3.48. The average molecular weight is 176 g/mol. The molecule has 0 aromatic carbocycles. The topological polar surface area (TPSA) is 37.8 Å². The lowest BCUT2D eigenvalue weighted by Gasteiger charge is -2.00. The molecule has 0 amide bonds. The molecule has 0 spiro atoms. The van der Waals surface area contributed by atoms with E-state index in [1.54, 1.807) is 0 Å². The van der Waals surface area contributed by atoms with Gasteiger partial charge in [-0.25, -0.2) is 9.37 Å². The number of rotatable bonds is 3. The van der Waals surface area contributed by atoms with Crippen LogP contribution in [-0.4, -0.2) is 23.2 Å². The number of anilines is 1. The van der Waals surface area contributed by atoms with Gasteiger partial charge in [-0.05, 0) is 0 Å². The lowest BCUT2D eigenvalue weighted by Crippen LogP contribution is -2.04. The van der Waals surface area contributed by atoms with Gasteiger partial charge in [-0.3, -0.25) is 4.98 Å². The summed E-state index contributed by atoms with van der Waals surface area (Å²) in [6.45, 7) is -0.205. The van der Waals surface area contributed by atoms with Crippen LogP contribution in [0.15, 0.2) is 12.4 Å². The van der Waals surface area contributed by atoms with Gasteiger partial charge in [0.25, 0.3) is 0 Å². The van der Waals surface area contributed by atoms with E-state index in [2.05, 4.69) is 15.3 Å². The van der Waals surface area contributed by atoms with Crippen molar-refractivity contribution in [1.29, 1.82) is 0 Å². The molecule has 3 nitrogen and oxygen atoms in total. The smallest absolute Gasteiger partial charge is 0.149 e. The molecule has 0 saturated carbocycles. The van der Waals surface area contributed by atoms with Crippen molar-refractivity contribution in [1.82, 2.24) is 9.97 Å². The molecule has 1 heterocycles. The van der Waals surface area contributed by atoms with E-state index in [1.807, 2.05) is 0 Å². The summed E-state index contributed by atoms with van der Waals surface area (Å²) in [7, 11) is 0. The minimum atomic E-state index is -0.436. The summed E-state index contributed by atoms with van der Waals surface area (Å²) in [4.78, 5) is 7.59.